The minimum Gasteiger partial charge on any atom is -0.302 e. The third kappa shape index (κ3) is 2.67. The van der Waals surface area contributed by atoms with Crippen molar-refractivity contribution in [1.82, 2.24) is 4.98 Å². The summed E-state index contributed by atoms with van der Waals surface area (Å²) >= 11 is 0.850. The first-order chi connectivity index (χ1) is 6.97. The first kappa shape index (κ1) is 10.8. The maximum atomic E-state index is 11.3. The second kappa shape index (κ2) is 3.73. The first-order valence-corrected chi connectivity index (χ1v) is 7.31. The van der Waals surface area contributed by atoms with Crippen LogP contribution in [-0.4, -0.2) is 19.3 Å². The van der Waals surface area contributed by atoms with Gasteiger partial charge in [0, 0.05) is 16.6 Å². The summed E-state index contributed by atoms with van der Waals surface area (Å²) in [5.41, 5.74) is 0. The van der Waals surface area contributed by atoms with Crippen molar-refractivity contribution in [3.05, 3.63) is 6.20 Å². The molecule has 8 heteroatoms. The normalized spacial score (nSPS) is 16.3. The second-order valence-electron chi connectivity index (χ2n) is 3.19. The molecule has 1 aliphatic rings. The van der Waals surface area contributed by atoms with Gasteiger partial charge in [-0.3, -0.25) is 4.79 Å². The van der Waals surface area contributed by atoms with Crippen LogP contribution < -0.4 is 5.32 Å². The lowest BCUT2D eigenvalue weighted by Crippen LogP contribution is -2.12. The van der Waals surface area contributed by atoms with E-state index >= 15 is 0 Å². The van der Waals surface area contributed by atoms with Gasteiger partial charge >= 0.3 is 0 Å². The Morgan fingerprint density at radius 3 is 2.73 bits per heavy atom. The Hall–Kier alpha value is -0.660. The van der Waals surface area contributed by atoms with Gasteiger partial charge in [-0.1, -0.05) is 11.3 Å². The maximum absolute atomic E-state index is 11.3. The van der Waals surface area contributed by atoms with Crippen molar-refractivity contribution >= 4 is 42.1 Å². The van der Waals surface area contributed by atoms with Crippen LogP contribution in [0.1, 0.15) is 12.8 Å². The third-order valence-electron chi connectivity index (χ3n) is 1.90. The van der Waals surface area contributed by atoms with Gasteiger partial charge in [-0.05, 0) is 12.8 Å². The van der Waals surface area contributed by atoms with Crippen LogP contribution in [0.3, 0.4) is 0 Å². The summed E-state index contributed by atoms with van der Waals surface area (Å²) in [6.07, 6.45) is 2.91. The lowest BCUT2D eigenvalue weighted by molar-refractivity contribution is -0.117. The number of amides is 1. The van der Waals surface area contributed by atoms with E-state index in [2.05, 4.69) is 10.3 Å². The number of hydrogen-bond acceptors (Lipinski definition) is 5. The fraction of sp³-hybridized carbons (Fsp3) is 0.429. The molecule has 0 saturated heterocycles. The highest BCUT2D eigenvalue weighted by molar-refractivity contribution is 8.15. The molecule has 0 aromatic carbocycles. The SMILES string of the molecule is O=C(Nc1ncc(S(=O)(=O)Cl)s1)C1CC1. The van der Waals surface area contributed by atoms with Gasteiger partial charge < -0.3 is 5.32 Å². The molecule has 0 radical (unpaired) electrons. The zero-order valence-corrected chi connectivity index (χ0v) is 9.82. The second-order valence-corrected chi connectivity index (χ2v) is 7.01. The number of hydrogen-bond donors (Lipinski definition) is 1. The molecule has 1 aromatic heterocycles. The Morgan fingerprint density at radius 2 is 2.27 bits per heavy atom. The van der Waals surface area contributed by atoms with Crippen molar-refractivity contribution in [2.75, 3.05) is 5.32 Å². The number of nitrogens with zero attached hydrogens (tertiary/aromatic N) is 1. The number of thiazole rings is 1. The number of rotatable bonds is 3. The van der Waals surface area contributed by atoms with E-state index in [9.17, 15) is 13.2 Å². The zero-order valence-electron chi connectivity index (χ0n) is 7.44. The van der Waals surface area contributed by atoms with Gasteiger partial charge in [0.15, 0.2) is 9.34 Å². The number of nitrogens with one attached hydrogen (secondary N) is 1. The van der Waals surface area contributed by atoms with Crippen LogP contribution in [0.4, 0.5) is 5.13 Å². The van der Waals surface area contributed by atoms with E-state index < -0.39 is 9.05 Å². The summed E-state index contributed by atoms with van der Waals surface area (Å²) < 4.78 is 21.7. The largest absolute Gasteiger partial charge is 0.302 e. The van der Waals surface area contributed by atoms with Gasteiger partial charge in [0.25, 0.3) is 9.05 Å². The Labute approximate surface area is 94.9 Å². The summed E-state index contributed by atoms with van der Waals surface area (Å²) in [5.74, 6) is -0.0483. The average molecular weight is 267 g/mol. The average Bonchev–Trinajstić information content (AvgIpc) is 2.86. The fourth-order valence-electron chi connectivity index (χ4n) is 0.983. The Balaban J connectivity index is 2.10. The van der Waals surface area contributed by atoms with E-state index in [-0.39, 0.29) is 21.2 Å². The van der Waals surface area contributed by atoms with Gasteiger partial charge in [-0.15, -0.1) is 0 Å². The quantitative estimate of drug-likeness (QED) is 0.840. The summed E-state index contributed by atoms with van der Waals surface area (Å²) in [6, 6.07) is 0. The molecule has 0 bridgehead atoms. The van der Waals surface area contributed by atoms with Gasteiger partial charge in [0.1, 0.15) is 0 Å². The topological polar surface area (TPSA) is 76.1 Å². The van der Waals surface area contributed by atoms with E-state index in [0.717, 1.165) is 30.4 Å². The van der Waals surface area contributed by atoms with Crippen LogP contribution in [0.25, 0.3) is 0 Å². The number of carbonyl (C=O) groups excluding carboxylic acids is 1. The minimum atomic E-state index is -3.75. The van der Waals surface area contributed by atoms with Crippen LogP contribution in [0, 0.1) is 5.92 Å². The molecular formula is C7H7ClN2O3S2. The van der Waals surface area contributed by atoms with E-state index in [0.29, 0.717) is 0 Å². The fourth-order valence-corrected chi connectivity index (χ4v) is 2.75. The van der Waals surface area contributed by atoms with Crippen molar-refractivity contribution in [2.45, 2.75) is 17.1 Å². The molecule has 0 atom stereocenters. The molecule has 1 aromatic rings. The van der Waals surface area contributed by atoms with Gasteiger partial charge in [-0.25, -0.2) is 13.4 Å². The number of halogens is 1. The molecule has 1 heterocycles. The van der Waals surface area contributed by atoms with E-state index in [1.165, 1.54) is 0 Å². The molecule has 1 fully saturated rings. The predicted molar refractivity (Wildman–Crippen MR) is 56.5 cm³/mol. The van der Waals surface area contributed by atoms with Crippen LogP contribution in [0.15, 0.2) is 10.4 Å². The van der Waals surface area contributed by atoms with Crippen molar-refractivity contribution in [3.8, 4) is 0 Å². The highest BCUT2D eigenvalue weighted by Gasteiger charge is 2.30. The summed E-state index contributed by atoms with van der Waals surface area (Å²) in [5, 5.41) is 2.81. The summed E-state index contributed by atoms with van der Waals surface area (Å²) in [7, 11) is 1.37. The van der Waals surface area contributed by atoms with E-state index in [4.69, 9.17) is 10.7 Å². The van der Waals surface area contributed by atoms with Crippen LogP contribution in [0.5, 0.6) is 0 Å². The molecule has 5 nitrogen and oxygen atoms in total. The van der Waals surface area contributed by atoms with Crippen molar-refractivity contribution < 1.29 is 13.2 Å². The van der Waals surface area contributed by atoms with Crippen molar-refractivity contribution in [2.24, 2.45) is 5.92 Å². The Morgan fingerprint density at radius 1 is 1.60 bits per heavy atom. The molecule has 0 unspecified atom stereocenters. The van der Waals surface area contributed by atoms with Gasteiger partial charge in [-0.2, -0.15) is 0 Å². The maximum Gasteiger partial charge on any atom is 0.272 e. The van der Waals surface area contributed by atoms with Gasteiger partial charge in [0.2, 0.25) is 5.91 Å². The predicted octanol–water partition coefficient (Wildman–Crippen LogP) is 1.42. The molecule has 1 saturated carbocycles. The molecule has 1 N–H and O–H groups in total. The van der Waals surface area contributed by atoms with Crippen LogP contribution in [0.2, 0.25) is 0 Å². The molecule has 0 spiro atoms. The summed E-state index contributed by atoms with van der Waals surface area (Å²) in [6.45, 7) is 0. The third-order valence-corrected chi connectivity index (χ3v) is 4.88. The highest BCUT2D eigenvalue weighted by Crippen LogP contribution is 2.31. The molecule has 15 heavy (non-hydrogen) atoms. The lowest BCUT2D eigenvalue weighted by Gasteiger charge is -1.96. The molecule has 2 rings (SSSR count). The summed E-state index contributed by atoms with van der Waals surface area (Å²) in [4.78, 5) is 15.1. The van der Waals surface area contributed by atoms with Crippen molar-refractivity contribution in [3.63, 3.8) is 0 Å². The molecular weight excluding hydrogens is 260 g/mol. The Bertz CT molecular complexity index is 492. The van der Waals surface area contributed by atoms with Crippen molar-refractivity contribution in [1.29, 1.82) is 0 Å². The van der Waals surface area contributed by atoms with E-state index in [1.54, 1.807) is 0 Å². The lowest BCUT2D eigenvalue weighted by atomic mass is 10.4. The monoisotopic (exact) mass is 266 g/mol. The van der Waals surface area contributed by atoms with Crippen LogP contribution in [-0.2, 0) is 13.8 Å². The molecule has 1 aliphatic carbocycles. The number of carbonyl (C=O) groups is 1. The Kier molecular flexibility index (Phi) is 2.70. The standard InChI is InChI=1S/C7H7ClN2O3S2/c8-15(12,13)5-3-9-7(14-5)10-6(11)4-1-2-4/h3-4H,1-2H2,(H,9,10,11). The van der Waals surface area contributed by atoms with Crippen LogP contribution >= 0.6 is 22.0 Å². The molecule has 0 aliphatic heterocycles. The number of anilines is 1. The smallest absolute Gasteiger partial charge is 0.272 e. The van der Waals surface area contributed by atoms with E-state index in [1.807, 2.05) is 0 Å². The highest BCUT2D eigenvalue weighted by atomic mass is 35.7. The minimum absolute atomic E-state index is 0.0599. The number of aromatic nitrogens is 1. The molecule has 1 amide bonds. The molecule has 82 valence electrons. The first-order valence-electron chi connectivity index (χ1n) is 4.18. The van der Waals surface area contributed by atoms with Gasteiger partial charge in [0.05, 0.1) is 6.20 Å². The zero-order chi connectivity index (χ0) is 11.1.